The summed E-state index contributed by atoms with van der Waals surface area (Å²) in [6, 6.07) is 0.738. The van der Waals surface area contributed by atoms with Gasteiger partial charge in [0.1, 0.15) is 0 Å². The van der Waals surface area contributed by atoms with Crippen LogP contribution in [0.2, 0.25) is 6.04 Å². The second kappa shape index (κ2) is 9.68. The molecule has 6 heteroatoms. The van der Waals surface area contributed by atoms with Crippen molar-refractivity contribution in [3.05, 3.63) is 0 Å². The molecule has 0 aromatic heterocycles. The summed E-state index contributed by atoms with van der Waals surface area (Å²) in [6.45, 7) is 5.07. The summed E-state index contributed by atoms with van der Waals surface area (Å²) in [4.78, 5) is 0. The highest BCUT2D eigenvalue weighted by Gasteiger charge is 2.41. The molecule has 0 saturated heterocycles. The first kappa shape index (κ1) is 16.7. The summed E-state index contributed by atoms with van der Waals surface area (Å²) in [5.74, 6) is 1.46. The Hall–Kier alpha value is 0.677. The van der Waals surface area contributed by atoms with Crippen LogP contribution in [0.1, 0.15) is 20.3 Å². The largest absolute Gasteiger partial charge is 0.500 e. The summed E-state index contributed by atoms with van der Waals surface area (Å²) in [6.07, 6.45) is 0.864. The lowest BCUT2D eigenvalue weighted by Crippen LogP contribution is -2.46. The molecule has 0 saturated carbocycles. The van der Waals surface area contributed by atoms with E-state index in [0.717, 1.165) is 12.5 Å². The minimum absolute atomic E-state index is 0.295. The minimum Gasteiger partial charge on any atom is -0.377 e. The SMILES string of the molecule is CCO[Si](CC(CCl)CCCl)(OC)OCC. The van der Waals surface area contributed by atoms with Gasteiger partial charge in [0.15, 0.2) is 0 Å². The number of hydrogen-bond acceptors (Lipinski definition) is 3. The summed E-state index contributed by atoms with van der Waals surface area (Å²) in [5.41, 5.74) is 0. The molecule has 1 unspecified atom stereocenters. The van der Waals surface area contributed by atoms with Crippen molar-refractivity contribution in [2.45, 2.75) is 26.3 Å². The standard InChI is InChI=1S/C10H22Cl2O3Si/c1-4-14-16(13-3,15-5-2)9-10(8-12)6-7-11/h10H,4-9H2,1-3H3. The second-order valence-electron chi connectivity index (χ2n) is 3.46. The molecule has 0 aliphatic rings. The summed E-state index contributed by atoms with van der Waals surface area (Å²) < 4.78 is 16.9. The van der Waals surface area contributed by atoms with Gasteiger partial charge in [0, 0.05) is 38.1 Å². The van der Waals surface area contributed by atoms with Crippen molar-refractivity contribution < 1.29 is 13.3 Å². The van der Waals surface area contributed by atoms with Gasteiger partial charge in [0.05, 0.1) is 0 Å². The van der Waals surface area contributed by atoms with Crippen molar-refractivity contribution in [2.75, 3.05) is 32.1 Å². The monoisotopic (exact) mass is 288 g/mol. The molecular formula is C10H22Cl2O3Si. The Morgan fingerprint density at radius 2 is 1.69 bits per heavy atom. The van der Waals surface area contributed by atoms with Crippen LogP contribution >= 0.6 is 23.2 Å². The number of rotatable bonds is 10. The Bertz CT molecular complexity index is 166. The van der Waals surface area contributed by atoms with E-state index in [0.29, 0.717) is 30.9 Å². The number of hydrogen-bond donors (Lipinski definition) is 0. The van der Waals surface area contributed by atoms with Crippen LogP contribution in [-0.4, -0.2) is 40.9 Å². The first-order valence-corrected chi connectivity index (χ1v) is 8.63. The smallest absolute Gasteiger partial charge is 0.377 e. The number of halogens is 2. The molecule has 0 radical (unpaired) electrons. The fourth-order valence-corrected chi connectivity index (χ4v) is 4.95. The first-order chi connectivity index (χ1) is 7.67. The van der Waals surface area contributed by atoms with Gasteiger partial charge in [0.25, 0.3) is 0 Å². The predicted molar refractivity (Wildman–Crippen MR) is 70.4 cm³/mol. The number of alkyl halides is 2. The Labute approximate surface area is 110 Å². The summed E-state index contributed by atoms with van der Waals surface area (Å²) in [5, 5.41) is 0. The van der Waals surface area contributed by atoms with Gasteiger partial charge >= 0.3 is 8.80 Å². The minimum atomic E-state index is -2.53. The van der Waals surface area contributed by atoms with Crippen LogP contribution in [0.25, 0.3) is 0 Å². The zero-order chi connectivity index (χ0) is 12.4. The maximum atomic E-state index is 5.91. The molecular weight excluding hydrogens is 267 g/mol. The first-order valence-electron chi connectivity index (χ1n) is 5.63. The highest BCUT2D eigenvalue weighted by Crippen LogP contribution is 2.24. The van der Waals surface area contributed by atoms with Gasteiger partial charge in [0.2, 0.25) is 0 Å². The Balaban J connectivity index is 4.46. The van der Waals surface area contributed by atoms with Gasteiger partial charge in [-0.25, -0.2) is 0 Å². The molecule has 0 rings (SSSR count). The van der Waals surface area contributed by atoms with E-state index in [4.69, 9.17) is 36.5 Å². The molecule has 0 N–H and O–H groups in total. The Morgan fingerprint density at radius 1 is 1.12 bits per heavy atom. The molecule has 3 nitrogen and oxygen atoms in total. The maximum Gasteiger partial charge on any atom is 0.500 e. The molecule has 0 aliphatic carbocycles. The molecule has 0 aromatic rings. The van der Waals surface area contributed by atoms with Crippen LogP contribution in [0.3, 0.4) is 0 Å². The van der Waals surface area contributed by atoms with E-state index in [1.165, 1.54) is 0 Å². The zero-order valence-electron chi connectivity index (χ0n) is 10.3. The van der Waals surface area contributed by atoms with Crippen molar-refractivity contribution in [3.8, 4) is 0 Å². The van der Waals surface area contributed by atoms with E-state index in [1.807, 2.05) is 13.8 Å². The highest BCUT2D eigenvalue weighted by molar-refractivity contribution is 6.60. The van der Waals surface area contributed by atoms with Crippen LogP contribution in [0.5, 0.6) is 0 Å². The van der Waals surface area contributed by atoms with Gasteiger partial charge in [-0.15, -0.1) is 23.2 Å². The van der Waals surface area contributed by atoms with E-state index >= 15 is 0 Å². The zero-order valence-corrected chi connectivity index (χ0v) is 12.8. The topological polar surface area (TPSA) is 27.7 Å². The second-order valence-corrected chi connectivity index (χ2v) is 6.90. The van der Waals surface area contributed by atoms with Crippen LogP contribution in [0.15, 0.2) is 0 Å². The highest BCUT2D eigenvalue weighted by atomic mass is 35.5. The molecule has 98 valence electrons. The Morgan fingerprint density at radius 3 is 2.00 bits per heavy atom. The van der Waals surface area contributed by atoms with Gasteiger partial charge in [-0.3, -0.25) is 0 Å². The maximum absolute atomic E-state index is 5.91. The fourth-order valence-electron chi connectivity index (χ4n) is 1.54. The predicted octanol–water partition coefficient (Wildman–Crippen LogP) is 3.13. The quantitative estimate of drug-likeness (QED) is 0.457. The van der Waals surface area contributed by atoms with Crippen LogP contribution in [-0.2, 0) is 13.3 Å². The van der Waals surface area contributed by atoms with Gasteiger partial charge in [-0.05, 0) is 26.2 Å². The molecule has 0 aliphatic heterocycles. The van der Waals surface area contributed by atoms with Crippen LogP contribution in [0.4, 0.5) is 0 Å². The third-order valence-electron chi connectivity index (χ3n) is 2.31. The molecule has 0 aromatic carbocycles. The van der Waals surface area contributed by atoms with Crippen molar-refractivity contribution >= 4 is 32.0 Å². The van der Waals surface area contributed by atoms with E-state index in [9.17, 15) is 0 Å². The molecule has 0 bridgehead atoms. The van der Waals surface area contributed by atoms with E-state index in [-0.39, 0.29) is 0 Å². The molecule has 0 amide bonds. The average Bonchev–Trinajstić information content (AvgIpc) is 2.29. The van der Waals surface area contributed by atoms with Crippen molar-refractivity contribution in [3.63, 3.8) is 0 Å². The Kier molecular flexibility index (Phi) is 10.1. The van der Waals surface area contributed by atoms with Crippen LogP contribution in [0, 0.1) is 5.92 Å². The van der Waals surface area contributed by atoms with Gasteiger partial charge in [-0.1, -0.05) is 0 Å². The molecule has 0 heterocycles. The van der Waals surface area contributed by atoms with Gasteiger partial charge < -0.3 is 13.3 Å². The molecule has 0 spiro atoms. The summed E-state index contributed by atoms with van der Waals surface area (Å²) in [7, 11) is -0.891. The van der Waals surface area contributed by atoms with E-state index in [2.05, 4.69) is 0 Å². The van der Waals surface area contributed by atoms with Crippen molar-refractivity contribution in [1.82, 2.24) is 0 Å². The lowest BCUT2D eigenvalue weighted by atomic mass is 10.1. The normalized spacial score (nSPS) is 14.1. The molecule has 0 fully saturated rings. The third kappa shape index (κ3) is 5.84. The fraction of sp³-hybridized carbons (Fsp3) is 1.00. The lowest BCUT2D eigenvalue weighted by molar-refractivity contribution is 0.0827. The van der Waals surface area contributed by atoms with Crippen LogP contribution < -0.4 is 0 Å². The lowest BCUT2D eigenvalue weighted by Gasteiger charge is -2.29. The average molecular weight is 289 g/mol. The van der Waals surface area contributed by atoms with Crippen molar-refractivity contribution in [1.29, 1.82) is 0 Å². The van der Waals surface area contributed by atoms with E-state index in [1.54, 1.807) is 7.11 Å². The summed E-state index contributed by atoms with van der Waals surface area (Å²) >= 11 is 11.6. The van der Waals surface area contributed by atoms with E-state index < -0.39 is 8.80 Å². The van der Waals surface area contributed by atoms with Crippen molar-refractivity contribution in [2.24, 2.45) is 5.92 Å². The molecule has 16 heavy (non-hydrogen) atoms. The third-order valence-corrected chi connectivity index (χ3v) is 6.12. The van der Waals surface area contributed by atoms with Gasteiger partial charge in [-0.2, -0.15) is 0 Å². The molecule has 1 atom stereocenters.